The lowest BCUT2D eigenvalue weighted by Crippen LogP contribution is -2.35. The number of nitrogens with one attached hydrogen (secondary N) is 1. The number of sulfonamides is 1. The molecule has 2 aromatic carbocycles. The van der Waals surface area contributed by atoms with Gasteiger partial charge in [0.15, 0.2) is 0 Å². The maximum Gasteiger partial charge on any atom is 0.243 e. The van der Waals surface area contributed by atoms with E-state index in [9.17, 15) is 13.2 Å². The molecule has 134 valence electrons. The third-order valence-corrected chi connectivity index (χ3v) is 5.87. The lowest BCUT2D eigenvalue weighted by atomic mass is 10.3. The van der Waals surface area contributed by atoms with Gasteiger partial charge >= 0.3 is 0 Å². The number of para-hydroxylation sites is 1. The van der Waals surface area contributed by atoms with Crippen molar-refractivity contribution in [3.8, 4) is 5.75 Å². The van der Waals surface area contributed by atoms with Crippen molar-refractivity contribution in [1.29, 1.82) is 0 Å². The van der Waals surface area contributed by atoms with Gasteiger partial charge in [-0.15, -0.1) is 0 Å². The van der Waals surface area contributed by atoms with Crippen molar-refractivity contribution in [3.05, 3.63) is 53.0 Å². The average molecular weight is 427 g/mol. The molecule has 8 heteroatoms. The Balaban J connectivity index is 2.06. The molecule has 2 rings (SSSR count). The molecule has 1 amide bonds. The minimum atomic E-state index is -3.76. The van der Waals surface area contributed by atoms with E-state index in [2.05, 4.69) is 21.2 Å². The summed E-state index contributed by atoms with van der Waals surface area (Å²) >= 11 is 3.33. The highest BCUT2D eigenvalue weighted by Crippen LogP contribution is 2.22. The second-order valence-corrected chi connectivity index (χ2v) is 8.09. The SMILES string of the molecule is CCOc1ccc(S(=O)(=O)N(C)CC(=O)Nc2ccccc2Br)cc1. The number of amides is 1. The van der Waals surface area contributed by atoms with Crippen LogP contribution in [0.25, 0.3) is 0 Å². The molecule has 0 fully saturated rings. The molecular formula is C17H19BrN2O4S. The average Bonchev–Trinajstić information content (AvgIpc) is 2.57. The van der Waals surface area contributed by atoms with E-state index in [0.717, 1.165) is 8.78 Å². The van der Waals surface area contributed by atoms with Gasteiger partial charge in [0.2, 0.25) is 15.9 Å². The Morgan fingerprint density at radius 2 is 1.80 bits per heavy atom. The van der Waals surface area contributed by atoms with E-state index in [-0.39, 0.29) is 11.4 Å². The number of carbonyl (C=O) groups is 1. The summed E-state index contributed by atoms with van der Waals surface area (Å²) in [6.07, 6.45) is 0. The summed E-state index contributed by atoms with van der Waals surface area (Å²) in [7, 11) is -2.40. The minimum Gasteiger partial charge on any atom is -0.494 e. The van der Waals surface area contributed by atoms with Crippen molar-refractivity contribution in [3.63, 3.8) is 0 Å². The molecule has 0 unspecified atom stereocenters. The van der Waals surface area contributed by atoms with Crippen LogP contribution in [0.2, 0.25) is 0 Å². The lowest BCUT2D eigenvalue weighted by Gasteiger charge is -2.17. The van der Waals surface area contributed by atoms with E-state index in [4.69, 9.17) is 4.74 Å². The molecule has 0 aliphatic carbocycles. The normalized spacial score (nSPS) is 11.4. The largest absolute Gasteiger partial charge is 0.494 e. The predicted octanol–water partition coefficient (Wildman–Crippen LogP) is 3.11. The van der Waals surface area contributed by atoms with Crippen LogP contribution in [0.5, 0.6) is 5.75 Å². The van der Waals surface area contributed by atoms with Crippen molar-refractivity contribution in [2.24, 2.45) is 0 Å². The monoisotopic (exact) mass is 426 g/mol. The molecule has 1 N–H and O–H groups in total. The second kappa shape index (κ2) is 8.46. The number of likely N-dealkylation sites (N-methyl/N-ethyl adjacent to an activating group) is 1. The van der Waals surface area contributed by atoms with Crippen molar-refractivity contribution >= 4 is 37.5 Å². The molecule has 0 saturated heterocycles. The maximum atomic E-state index is 12.6. The number of carbonyl (C=O) groups excluding carboxylic acids is 1. The Morgan fingerprint density at radius 1 is 1.16 bits per heavy atom. The molecule has 0 aliphatic heterocycles. The van der Waals surface area contributed by atoms with E-state index in [0.29, 0.717) is 18.0 Å². The minimum absolute atomic E-state index is 0.104. The Hall–Kier alpha value is -1.90. The van der Waals surface area contributed by atoms with Gasteiger partial charge in [0, 0.05) is 11.5 Å². The van der Waals surface area contributed by atoms with Gasteiger partial charge in [-0.05, 0) is 59.3 Å². The molecular weight excluding hydrogens is 408 g/mol. The summed E-state index contributed by atoms with van der Waals surface area (Å²) in [5, 5.41) is 2.68. The summed E-state index contributed by atoms with van der Waals surface area (Å²) in [4.78, 5) is 12.2. The molecule has 0 spiro atoms. The number of anilines is 1. The fourth-order valence-corrected chi connectivity index (χ4v) is 3.61. The van der Waals surface area contributed by atoms with Crippen LogP contribution in [0.4, 0.5) is 5.69 Å². The van der Waals surface area contributed by atoms with Gasteiger partial charge in [-0.3, -0.25) is 4.79 Å². The third-order valence-electron chi connectivity index (χ3n) is 3.36. The first kappa shape index (κ1) is 19.4. The maximum absolute atomic E-state index is 12.6. The highest BCUT2D eigenvalue weighted by atomic mass is 79.9. The molecule has 25 heavy (non-hydrogen) atoms. The molecule has 0 heterocycles. The van der Waals surface area contributed by atoms with E-state index < -0.39 is 15.9 Å². The zero-order chi connectivity index (χ0) is 18.4. The Bertz CT molecular complexity index is 838. The fourth-order valence-electron chi connectivity index (χ4n) is 2.09. The lowest BCUT2D eigenvalue weighted by molar-refractivity contribution is -0.116. The second-order valence-electron chi connectivity index (χ2n) is 5.19. The van der Waals surface area contributed by atoms with Gasteiger partial charge in [0.1, 0.15) is 5.75 Å². The van der Waals surface area contributed by atoms with Crippen LogP contribution in [-0.2, 0) is 14.8 Å². The van der Waals surface area contributed by atoms with Gasteiger partial charge in [-0.1, -0.05) is 12.1 Å². The molecule has 0 aliphatic rings. The first-order valence-corrected chi connectivity index (χ1v) is 9.81. The van der Waals surface area contributed by atoms with Crippen molar-refractivity contribution < 1.29 is 17.9 Å². The summed E-state index contributed by atoms with van der Waals surface area (Å²) < 4.78 is 32.1. The van der Waals surface area contributed by atoms with Crippen LogP contribution < -0.4 is 10.1 Å². The smallest absolute Gasteiger partial charge is 0.243 e. The zero-order valence-corrected chi connectivity index (χ0v) is 16.3. The van der Waals surface area contributed by atoms with Gasteiger partial charge in [0.25, 0.3) is 0 Å². The summed E-state index contributed by atoms with van der Waals surface area (Å²) in [5.41, 5.74) is 0.583. The van der Waals surface area contributed by atoms with Gasteiger partial charge in [-0.25, -0.2) is 8.42 Å². The molecule has 0 radical (unpaired) electrons. The Labute approximate surface area is 156 Å². The summed E-state index contributed by atoms with van der Waals surface area (Å²) in [6, 6.07) is 13.2. The van der Waals surface area contributed by atoms with Crippen molar-refractivity contribution in [2.75, 3.05) is 25.5 Å². The van der Waals surface area contributed by atoms with Gasteiger partial charge < -0.3 is 10.1 Å². The van der Waals surface area contributed by atoms with E-state index in [1.807, 2.05) is 13.0 Å². The highest BCUT2D eigenvalue weighted by molar-refractivity contribution is 9.10. The van der Waals surface area contributed by atoms with Gasteiger partial charge in [-0.2, -0.15) is 4.31 Å². The van der Waals surface area contributed by atoms with E-state index in [1.165, 1.54) is 19.2 Å². The van der Waals surface area contributed by atoms with E-state index >= 15 is 0 Å². The molecule has 0 atom stereocenters. The highest BCUT2D eigenvalue weighted by Gasteiger charge is 2.23. The van der Waals surface area contributed by atoms with Crippen LogP contribution in [0.3, 0.4) is 0 Å². The van der Waals surface area contributed by atoms with Crippen LogP contribution >= 0.6 is 15.9 Å². The van der Waals surface area contributed by atoms with E-state index in [1.54, 1.807) is 30.3 Å². The number of ether oxygens (including phenoxy) is 1. The quantitative estimate of drug-likeness (QED) is 0.737. The zero-order valence-electron chi connectivity index (χ0n) is 13.9. The van der Waals surface area contributed by atoms with Gasteiger partial charge in [0.05, 0.1) is 23.7 Å². The number of hydrogen-bond donors (Lipinski definition) is 1. The molecule has 6 nitrogen and oxygen atoms in total. The first-order chi connectivity index (χ1) is 11.8. The molecule has 2 aromatic rings. The summed E-state index contributed by atoms with van der Waals surface area (Å²) in [6.45, 7) is 2.06. The summed E-state index contributed by atoms with van der Waals surface area (Å²) in [5.74, 6) is 0.166. The molecule has 0 saturated carbocycles. The molecule has 0 bridgehead atoms. The fraction of sp³-hybridized carbons (Fsp3) is 0.235. The number of benzene rings is 2. The number of halogens is 1. The Morgan fingerprint density at radius 3 is 2.40 bits per heavy atom. The van der Waals surface area contributed by atoms with Crippen LogP contribution in [-0.4, -0.2) is 38.8 Å². The number of nitrogens with zero attached hydrogens (tertiary/aromatic N) is 1. The first-order valence-electron chi connectivity index (χ1n) is 7.58. The Kier molecular flexibility index (Phi) is 6.57. The van der Waals surface area contributed by atoms with Crippen LogP contribution in [0.1, 0.15) is 6.92 Å². The number of hydrogen-bond acceptors (Lipinski definition) is 4. The predicted molar refractivity (Wildman–Crippen MR) is 100 cm³/mol. The van der Waals surface area contributed by atoms with Crippen LogP contribution in [0, 0.1) is 0 Å². The van der Waals surface area contributed by atoms with Crippen LogP contribution in [0.15, 0.2) is 57.9 Å². The number of rotatable bonds is 7. The van der Waals surface area contributed by atoms with Crippen molar-refractivity contribution in [2.45, 2.75) is 11.8 Å². The molecule has 0 aromatic heterocycles. The topological polar surface area (TPSA) is 75.7 Å². The third kappa shape index (κ3) is 5.04. The standard InChI is InChI=1S/C17H19BrN2O4S/c1-3-24-13-8-10-14(11-9-13)25(22,23)20(2)12-17(21)19-16-7-5-4-6-15(16)18/h4-11H,3,12H2,1-2H3,(H,19,21). The van der Waals surface area contributed by atoms with Crippen molar-refractivity contribution in [1.82, 2.24) is 4.31 Å².